The molecular weight excluding hydrogens is 289 g/mol. The number of hydrogen-bond donors (Lipinski definition) is 1. The molecule has 112 valence electrons. The quantitative estimate of drug-likeness (QED) is 0.903. The van der Waals surface area contributed by atoms with E-state index >= 15 is 0 Å². The summed E-state index contributed by atoms with van der Waals surface area (Å²) < 4.78 is 39.8. The highest BCUT2D eigenvalue weighted by molar-refractivity contribution is 5.93. The van der Waals surface area contributed by atoms with E-state index in [0.29, 0.717) is 18.8 Å². The second-order valence-corrected chi connectivity index (χ2v) is 4.66. The summed E-state index contributed by atoms with van der Waals surface area (Å²) >= 11 is 0. The number of nitrogens with zero attached hydrogens (tertiary/aromatic N) is 5. The Labute approximate surface area is 116 Å². The fourth-order valence-electron chi connectivity index (χ4n) is 2.23. The molecule has 1 amide bonds. The normalized spacial score (nSPS) is 18.3. The van der Waals surface area contributed by atoms with E-state index in [9.17, 15) is 18.0 Å². The van der Waals surface area contributed by atoms with Crippen molar-refractivity contribution in [3.8, 4) is 0 Å². The number of hydrogen-bond acceptors (Lipinski definition) is 4. The number of amides is 1. The van der Waals surface area contributed by atoms with Crippen LogP contribution in [0.1, 0.15) is 18.3 Å². The van der Waals surface area contributed by atoms with Gasteiger partial charge in [0.2, 0.25) is 5.95 Å². The zero-order chi connectivity index (χ0) is 15.0. The summed E-state index contributed by atoms with van der Waals surface area (Å²) in [5, 5.41) is 9.69. The highest BCUT2D eigenvalue weighted by Gasteiger charge is 2.39. The number of halogens is 3. The maximum absolute atomic E-state index is 12.2. The summed E-state index contributed by atoms with van der Waals surface area (Å²) in [5.41, 5.74) is 0. The van der Waals surface area contributed by atoms with Crippen molar-refractivity contribution in [2.75, 3.05) is 5.32 Å². The van der Waals surface area contributed by atoms with E-state index in [1.54, 1.807) is 22.3 Å². The van der Waals surface area contributed by atoms with Crippen LogP contribution in [-0.2, 0) is 17.8 Å². The Morgan fingerprint density at radius 3 is 2.90 bits per heavy atom. The first kappa shape index (κ1) is 13.6. The predicted molar refractivity (Wildman–Crippen MR) is 64.3 cm³/mol. The van der Waals surface area contributed by atoms with Gasteiger partial charge in [0.1, 0.15) is 5.82 Å². The molecule has 21 heavy (non-hydrogen) atoms. The van der Waals surface area contributed by atoms with Crippen LogP contribution in [0.5, 0.6) is 0 Å². The largest absolute Gasteiger partial charge is 0.471 e. The van der Waals surface area contributed by atoms with Gasteiger partial charge in [-0.05, 0) is 12.5 Å². The summed E-state index contributed by atoms with van der Waals surface area (Å²) in [5.74, 6) is -1.85. The molecule has 1 atom stereocenters. The van der Waals surface area contributed by atoms with Crippen LogP contribution in [0.25, 0.3) is 0 Å². The third-order valence-electron chi connectivity index (χ3n) is 3.21. The third-order valence-corrected chi connectivity index (χ3v) is 3.21. The van der Waals surface area contributed by atoms with Crippen LogP contribution < -0.4 is 5.32 Å². The molecule has 0 aliphatic carbocycles. The Hall–Kier alpha value is -2.39. The minimum absolute atomic E-state index is 0.0698. The second kappa shape index (κ2) is 4.86. The van der Waals surface area contributed by atoms with E-state index in [0.717, 1.165) is 6.42 Å². The van der Waals surface area contributed by atoms with Crippen molar-refractivity contribution in [1.29, 1.82) is 0 Å². The monoisotopic (exact) mass is 300 g/mol. The van der Waals surface area contributed by atoms with Gasteiger partial charge in [-0.1, -0.05) is 0 Å². The van der Waals surface area contributed by atoms with E-state index in [1.807, 2.05) is 6.20 Å². The summed E-state index contributed by atoms with van der Waals surface area (Å²) in [7, 11) is 0. The van der Waals surface area contributed by atoms with Crippen molar-refractivity contribution in [3.05, 3.63) is 24.3 Å². The van der Waals surface area contributed by atoms with Crippen molar-refractivity contribution in [1.82, 2.24) is 24.5 Å². The number of carbonyl (C=O) groups excluding carboxylic acids is 1. The molecule has 3 rings (SSSR count). The van der Waals surface area contributed by atoms with E-state index in [4.69, 9.17) is 0 Å². The standard InChI is InChI=1S/C11H11F3N6O/c12-11(13,14)9(21)17-10-16-8-3-2-7(6-20(8)18-10)19-5-1-4-15-19/h1,4-5,7H,2-3,6H2,(H,17,18,21). The van der Waals surface area contributed by atoms with Gasteiger partial charge in [0.05, 0.1) is 12.6 Å². The molecule has 7 nitrogen and oxygen atoms in total. The van der Waals surface area contributed by atoms with Crippen molar-refractivity contribution in [3.63, 3.8) is 0 Å². The number of nitrogens with one attached hydrogen (secondary N) is 1. The first-order valence-electron chi connectivity index (χ1n) is 6.24. The molecule has 1 N–H and O–H groups in total. The fourth-order valence-corrected chi connectivity index (χ4v) is 2.23. The molecule has 1 aliphatic rings. The van der Waals surface area contributed by atoms with Gasteiger partial charge < -0.3 is 0 Å². The van der Waals surface area contributed by atoms with Crippen LogP contribution in [0.3, 0.4) is 0 Å². The average Bonchev–Trinajstić information content (AvgIpc) is 3.05. The minimum Gasteiger partial charge on any atom is -0.285 e. The maximum atomic E-state index is 12.2. The summed E-state index contributed by atoms with van der Waals surface area (Å²) in [6.45, 7) is 0.450. The van der Waals surface area contributed by atoms with Crippen molar-refractivity contribution < 1.29 is 18.0 Å². The Balaban J connectivity index is 1.74. The van der Waals surface area contributed by atoms with Crippen LogP contribution in [0.2, 0.25) is 0 Å². The van der Waals surface area contributed by atoms with Crippen LogP contribution in [-0.4, -0.2) is 36.6 Å². The van der Waals surface area contributed by atoms with Crippen molar-refractivity contribution >= 4 is 11.9 Å². The second-order valence-electron chi connectivity index (χ2n) is 4.66. The van der Waals surface area contributed by atoms with Gasteiger partial charge in [0, 0.05) is 18.8 Å². The Bertz CT molecular complexity index is 647. The Morgan fingerprint density at radius 2 is 2.24 bits per heavy atom. The predicted octanol–water partition coefficient (Wildman–Crippen LogP) is 1.16. The number of alkyl halides is 3. The summed E-state index contributed by atoms with van der Waals surface area (Å²) in [6.07, 6.45) is -0.166. The molecule has 0 saturated heterocycles. The van der Waals surface area contributed by atoms with Gasteiger partial charge in [-0.2, -0.15) is 23.3 Å². The minimum atomic E-state index is -4.95. The van der Waals surface area contributed by atoms with Crippen LogP contribution in [0.15, 0.2) is 18.5 Å². The van der Waals surface area contributed by atoms with Crippen LogP contribution in [0.4, 0.5) is 19.1 Å². The summed E-state index contributed by atoms with van der Waals surface area (Å²) in [4.78, 5) is 14.8. The SMILES string of the molecule is O=C(Nc1nc2n(n1)CC(n1cccn1)CC2)C(F)(F)F. The molecule has 0 bridgehead atoms. The van der Waals surface area contributed by atoms with E-state index in [2.05, 4.69) is 15.2 Å². The van der Waals surface area contributed by atoms with E-state index in [1.165, 1.54) is 4.68 Å². The van der Waals surface area contributed by atoms with Gasteiger partial charge in [0.25, 0.3) is 0 Å². The molecule has 1 unspecified atom stereocenters. The van der Waals surface area contributed by atoms with Gasteiger partial charge in [0.15, 0.2) is 0 Å². The zero-order valence-corrected chi connectivity index (χ0v) is 10.7. The van der Waals surface area contributed by atoms with E-state index in [-0.39, 0.29) is 12.0 Å². The first-order chi connectivity index (χ1) is 9.93. The number of fused-ring (bicyclic) bond motifs is 1. The summed E-state index contributed by atoms with van der Waals surface area (Å²) in [6, 6.07) is 1.87. The molecule has 0 fully saturated rings. The molecule has 1 aliphatic heterocycles. The lowest BCUT2D eigenvalue weighted by atomic mass is 10.1. The molecule has 3 heterocycles. The maximum Gasteiger partial charge on any atom is 0.471 e. The Kier molecular flexibility index (Phi) is 3.15. The molecule has 10 heteroatoms. The topological polar surface area (TPSA) is 77.6 Å². The molecule has 2 aromatic rings. The third kappa shape index (κ3) is 2.73. The van der Waals surface area contributed by atoms with Crippen molar-refractivity contribution in [2.24, 2.45) is 0 Å². The smallest absolute Gasteiger partial charge is 0.285 e. The van der Waals surface area contributed by atoms with Gasteiger partial charge in [-0.15, -0.1) is 5.10 Å². The number of aryl methyl sites for hydroxylation is 1. The number of rotatable bonds is 2. The van der Waals surface area contributed by atoms with Crippen LogP contribution in [0, 0.1) is 0 Å². The lowest BCUT2D eigenvalue weighted by molar-refractivity contribution is -0.167. The van der Waals surface area contributed by atoms with Gasteiger partial charge in [-0.25, -0.2) is 4.68 Å². The first-order valence-corrected chi connectivity index (χ1v) is 6.24. The number of carbonyl (C=O) groups is 1. The number of anilines is 1. The highest BCUT2D eigenvalue weighted by atomic mass is 19.4. The van der Waals surface area contributed by atoms with E-state index < -0.39 is 12.1 Å². The molecule has 2 aromatic heterocycles. The molecule has 0 spiro atoms. The molecule has 0 aromatic carbocycles. The Morgan fingerprint density at radius 1 is 1.43 bits per heavy atom. The van der Waals surface area contributed by atoms with Gasteiger partial charge in [-0.3, -0.25) is 14.8 Å². The molecule has 0 radical (unpaired) electrons. The molecular formula is C11H11F3N6O. The van der Waals surface area contributed by atoms with Crippen molar-refractivity contribution in [2.45, 2.75) is 31.6 Å². The number of aromatic nitrogens is 5. The lowest BCUT2D eigenvalue weighted by Crippen LogP contribution is -2.30. The zero-order valence-electron chi connectivity index (χ0n) is 10.7. The van der Waals surface area contributed by atoms with Gasteiger partial charge >= 0.3 is 12.1 Å². The van der Waals surface area contributed by atoms with Crippen LogP contribution >= 0.6 is 0 Å². The molecule has 0 saturated carbocycles. The lowest BCUT2D eigenvalue weighted by Gasteiger charge is -2.22. The average molecular weight is 300 g/mol. The highest BCUT2D eigenvalue weighted by Crippen LogP contribution is 2.23. The fraction of sp³-hybridized carbons (Fsp3) is 0.455.